The molecule has 2 rings (SSSR count). The van der Waals surface area contributed by atoms with E-state index in [0.29, 0.717) is 0 Å². The lowest BCUT2D eigenvalue weighted by molar-refractivity contribution is 0.616. The van der Waals surface area contributed by atoms with Gasteiger partial charge in [0.2, 0.25) is 0 Å². The Morgan fingerprint density at radius 2 is 2.00 bits per heavy atom. The Morgan fingerprint density at radius 1 is 1.31 bits per heavy atom. The maximum atomic E-state index is 13.5. The zero-order valence-electron chi connectivity index (χ0n) is 8.15. The molecule has 2 aromatic rings. The molecule has 0 unspecified atom stereocenters. The molecule has 0 radical (unpaired) electrons. The van der Waals surface area contributed by atoms with Crippen LogP contribution < -0.4 is 11.3 Å². The second-order valence-corrected chi connectivity index (χ2v) is 3.68. The van der Waals surface area contributed by atoms with Gasteiger partial charge in [-0.2, -0.15) is 0 Å². The highest BCUT2D eigenvalue weighted by Gasteiger charge is 2.08. The van der Waals surface area contributed by atoms with Gasteiger partial charge in [0.25, 0.3) is 5.56 Å². The average molecular weight is 239 g/mol. The van der Waals surface area contributed by atoms with E-state index in [4.69, 9.17) is 17.3 Å². The van der Waals surface area contributed by atoms with Crippen LogP contribution in [0.25, 0.3) is 5.69 Å². The van der Waals surface area contributed by atoms with Gasteiger partial charge in [-0.1, -0.05) is 23.7 Å². The van der Waals surface area contributed by atoms with Gasteiger partial charge in [-0.05, 0) is 18.2 Å². The van der Waals surface area contributed by atoms with Gasteiger partial charge in [-0.3, -0.25) is 9.36 Å². The Morgan fingerprint density at radius 3 is 2.69 bits per heavy atom. The molecule has 2 N–H and O–H groups in total. The molecular weight excluding hydrogens is 231 g/mol. The lowest BCUT2D eigenvalue weighted by Crippen LogP contribution is -2.21. The van der Waals surface area contributed by atoms with Gasteiger partial charge < -0.3 is 5.73 Å². The van der Waals surface area contributed by atoms with Crippen LogP contribution in [0.15, 0.2) is 41.3 Å². The molecule has 0 aliphatic carbocycles. The number of nitrogens with two attached hydrogens (primary N) is 1. The van der Waals surface area contributed by atoms with E-state index in [0.717, 1.165) is 4.57 Å². The first-order valence-corrected chi connectivity index (χ1v) is 4.90. The topological polar surface area (TPSA) is 48.0 Å². The Kier molecular flexibility index (Phi) is 2.66. The fraction of sp³-hybridized carbons (Fsp3) is 0. The van der Waals surface area contributed by atoms with E-state index in [1.165, 1.54) is 30.5 Å². The highest BCUT2D eigenvalue weighted by atomic mass is 35.5. The molecule has 16 heavy (non-hydrogen) atoms. The number of aromatic nitrogens is 1. The summed E-state index contributed by atoms with van der Waals surface area (Å²) in [5.74, 6) is -0.508. The van der Waals surface area contributed by atoms with Gasteiger partial charge >= 0.3 is 0 Å². The first-order valence-electron chi connectivity index (χ1n) is 4.52. The molecule has 1 aromatic carbocycles. The van der Waals surface area contributed by atoms with Gasteiger partial charge in [0.1, 0.15) is 5.82 Å². The van der Waals surface area contributed by atoms with Crippen LogP contribution in [0.1, 0.15) is 0 Å². The van der Waals surface area contributed by atoms with Crippen molar-refractivity contribution >= 4 is 17.3 Å². The van der Waals surface area contributed by atoms with E-state index in [1.807, 2.05) is 0 Å². The van der Waals surface area contributed by atoms with E-state index < -0.39 is 11.4 Å². The summed E-state index contributed by atoms with van der Waals surface area (Å²) in [6.45, 7) is 0. The molecule has 0 aliphatic rings. The summed E-state index contributed by atoms with van der Waals surface area (Å²) in [6.07, 6.45) is 1.33. The first-order chi connectivity index (χ1) is 7.59. The van der Waals surface area contributed by atoms with Crippen molar-refractivity contribution in [3.8, 4) is 5.69 Å². The zero-order valence-corrected chi connectivity index (χ0v) is 8.91. The Hall–Kier alpha value is -1.81. The third-order valence-electron chi connectivity index (χ3n) is 2.12. The predicted octanol–water partition coefficient (Wildman–Crippen LogP) is 2.21. The zero-order chi connectivity index (χ0) is 11.7. The average Bonchev–Trinajstić information content (AvgIpc) is 2.24. The normalized spacial score (nSPS) is 10.4. The molecule has 82 valence electrons. The van der Waals surface area contributed by atoms with E-state index in [2.05, 4.69) is 0 Å². The van der Waals surface area contributed by atoms with Crippen molar-refractivity contribution in [1.29, 1.82) is 0 Å². The smallest absolute Gasteiger partial charge is 0.278 e. The van der Waals surface area contributed by atoms with Gasteiger partial charge in [-0.25, -0.2) is 4.39 Å². The van der Waals surface area contributed by atoms with Crippen molar-refractivity contribution in [3.63, 3.8) is 0 Å². The molecule has 5 heteroatoms. The number of pyridine rings is 1. The summed E-state index contributed by atoms with van der Waals surface area (Å²) in [4.78, 5) is 11.7. The second-order valence-electron chi connectivity index (χ2n) is 3.24. The van der Waals surface area contributed by atoms with Crippen molar-refractivity contribution in [2.24, 2.45) is 0 Å². The van der Waals surface area contributed by atoms with Crippen molar-refractivity contribution < 1.29 is 4.39 Å². The molecule has 0 saturated carbocycles. The standard InChI is InChI=1S/C11H8ClFN2O/c12-7-5-9(14)11(16)15(6-7)10-4-2-1-3-8(10)13/h1-6H,14H2. The van der Waals surface area contributed by atoms with E-state index >= 15 is 0 Å². The SMILES string of the molecule is Nc1cc(Cl)cn(-c2ccccc2F)c1=O. The van der Waals surface area contributed by atoms with Gasteiger partial charge in [0.15, 0.2) is 0 Å². The van der Waals surface area contributed by atoms with Crippen LogP contribution in [0.3, 0.4) is 0 Å². The summed E-state index contributed by atoms with van der Waals surface area (Å²) in [7, 11) is 0. The number of nitrogens with zero attached hydrogens (tertiary/aromatic N) is 1. The third-order valence-corrected chi connectivity index (χ3v) is 2.33. The largest absolute Gasteiger partial charge is 0.394 e. The van der Waals surface area contributed by atoms with Crippen LogP contribution in [0, 0.1) is 5.82 Å². The van der Waals surface area contributed by atoms with Crippen LogP contribution >= 0.6 is 11.6 Å². The van der Waals surface area contributed by atoms with Crippen molar-refractivity contribution in [1.82, 2.24) is 4.57 Å². The molecule has 0 atom stereocenters. The van der Waals surface area contributed by atoms with Crippen LogP contribution in [0.5, 0.6) is 0 Å². The van der Waals surface area contributed by atoms with E-state index in [9.17, 15) is 9.18 Å². The molecule has 3 nitrogen and oxygen atoms in total. The maximum Gasteiger partial charge on any atom is 0.278 e. The van der Waals surface area contributed by atoms with Gasteiger partial charge in [0.05, 0.1) is 16.4 Å². The maximum absolute atomic E-state index is 13.5. The fourth-order valence-corrected chi connectivity index (χ4v) is 1.61. The number of hydrogen-bond acceptors (Lipinski definition) is 2. The Labute approximate surface area is 95.9 Å². The van der Waals surface area contributed by atoms with Crippen LogP contribution in [0.2, 0.25) is 5.02 Å². The molecule has 0 bridgehead atoms. The van der Waals surface area contributed by atoms with Gasteiger partial charge in [0, 0.05) is 6.20 Å². The van der Waals surface area contributed by atoms with Crippen molar-refractivity contribution in [3.05, 3.63) is 57.7 Å². The number of benzene rings is 1. The summed E-state index contributed by atoms with van der Waals surface area (Å²) >= 11 is 5.76. The van der Waals surface area contributed by atoms with Crippen LogP contribution in [-0.4, -0.2) is 4.57 Å². The van der Waals surface area contributed by atoms with Gasteiger partial charge in [-0.15, -0.1) is 0 Å². The second kappa shape index (κ2) is 3.98. The quantitative estimate of drug-likeness (QED) is 0.828. The number of para-hydroxylation sites is 1. The number of nitrogen functional groups attached to an aromatic ring is 1. The molecule has 0 spiro atoms. The van der Waals surface area contributed by atoms with E-state index in [-0.39, 0.29) is 16.4 Å². The first kappa shape index (κ1) is 10.7. The summed E-state index contributed by atoms with van der Waals surface area (Å²) in [5, 5.41) is 0.278. The number of anilines is 1. The van der Waals surface area contributed by atoms with E-state index in [1.54, 1.807) is 6.07 Å². The lowest BCUT2D eigenvalue weighted by Gasteiger charge is -2.08. The summed E-state index contributed by atoms with van der Waals surface area (Å²) in [6, 6.07) is 7.24. The minimum absolute atomic E-state index is 0.0178. The molecule has 0 aliphatic heterocycles. The predicted molar refractivity (Wildman–Crippen MR) is 61.4 cm³/mol. The molecule has 1 aromatic heterocycles. The van der Waals surface area contributed by atoms with Crippen molar-refractivity contribution in [2.45, 2.75) is 0 Å². The van der Waals surface area contributed by atoms with Crippen LogP contribution in [-0.2, 0) is 0 Å². The van der Waals surface area contributed by atoms with Crippen molar-refractivity contribution in [2.75, 3.05) is 5.73 Å². The monoisotopic (exact) mass is 238 g/mol. The number of halogens is 2. The Bertz CT molecular complexity index is 595. The minimum atomic E-state index is -0.508. The Balaban J connectivity index is 2.75. The summed E-state index contributed by atoms with van der Waals surface area (Å²) in [5.41, 5.74) is 5.09. The molecular formula is C11H8ClFN2O. The fourth-order valence-electron chi connectivity index (χ4n) is 1.39. The minimum Gasteiger partial charge on any atom is -0.394 e. The number of hydrogen-bond donors (Lipinski definition) is 1. The molecule has 0 fully saturated rings. The third kappa shape index (κ3) is 1.79. The molecule has 1 heterocycles. The molecule has 0 amide bonds. The highest BCUT2D eigenvalue weighted by molar-refractivity contribution is 6.30. The highest BCUT2D eigenvalue weighted by Crippen LogP contribution is 2.15. The summed E-state index contributed by atoms with van der Waals surface area (Å²) < 4.78 is 14.6. The number of rotatable bonds is 1. The lowest BCUT2D eigenvalue weighted by atomic mass is 10.3. The van der Waals surface area contributed by atoms with Crippen LogP contribution in [0.4, 0.5) is 10.1 Å². The molecule has 0 saturated heterocycles.